The van der Waals surface area contributed by atoms with E-state index in [1.807, 2.05) is 60.5 Å². The van der Waals surface area contributed by atoms with Crippen LogP contribution in [0.25, 0.3) is 11.3 Å². The summed E-state index contributed by atoms with van der Waals surface area (Å²) in [6.45, 7) is 4.31. The van der Waals surface area contributed by atoms with E-state index in [1.165, 1.54) is 12.3 Å². The molecule has 2 heterocycles. The summed E-state index contributed by atoms with van der Waals surface area (Å²) in [5.41, 5.74) is 3.80. The number of amides is 1. The van der Waals surface area contributed by atoms with Crippen molar-refractivity contribution in [3.63, 3.8) is 0 Å². The van der Waals surface area contributed by atoms with Gasteiger partial charge in [0, 0.05) is 30.4 Å². The van der Waals surface area contributed by atoms with Crippen LogP contribution in [0, 0.1) is 6.92 Å². The number of benzene rings is 2. The molecular formula is C24H23N3O4. The SMILES string of the molecule is Cc1ccc(C(=O)N(c2ccccc2)N2CCOCC2)cc1-c1ccc(C(=O)O)cn1. The van der Waals surface area contributed by atoms with E-state index in [0.29, 0.717) is 37.6 Å². The van der Waals surface area contributed by atoms with E-state index in [4.69, 9.17) is 9.84 Å². The molecule has 0 saturated carbocycles. The Kier molecular flexibility index (Phi) is 6.06. The summed E-state index contributed by atoms with van der Waals surface area (Å²) in [6.07, 6.45) is 1.33. The summed E-state index contributed by atoms with van der Waals surface area (Å²) < 4.78 is 5.46. The second-order valence-corrected chi connectivity index (χ2v) is 7.29. The molecule has 1 aliphatic rings. The molecule has 3 aromatic rings. The highest BCUT2D eigenvalue weighted by molar-refractivity contribution is 6.06. The van der Waals surface area contributed by atoms with Gasteiger partial charge in [0.1, 0.15) is 0 Å². The zero-order valence-electron chi connectivity index (χ0n) is 17.2. The van der Waals surface area contributed by atoms with Crippen LogP contribution < -0.4 is 5.01 Å². The van der Waals surface area contributed by atoms with Crippen molar-refractivity contribution < 1.29 is 19.4 Å². The smallest absolute Gasteiger partial charge is 0.337 e. The van der Waals surface area contributed by atoms with Crippen molar-refractivity contribution in [3.8, 4) is 11.3 Å². The third kappa shape index (κ3) is 4.47. The molecule has 31 heavy (non-hydrogen) atoms. The Morgan fingerprint density at radius 1 is 1.00 bits per heavy atom. The first-order valence-electron chi connectivity index (χ1n) is 10.1. The lowest BCUT2D eigenvalue weighted by atomic mass is 10.0. The van der Waals surface area contributed by atoms with Gasteiger partial charge in [-0.05, 0) is 48.9 Å². The summed E-state index contributed by atoms with van der Waals surface area (Å²) in [5.74, 6) is -1.17. The van der Waals surface area contributed by atoms with Gasteiger partial charge in [0.25, 0.3) is 5.91 Å². The Morgan fingerprint density at radius 2 is 1.71 bits per heavy atom. The van der Waals surface area contributed by atoms with E-state index in [9.17, 15) is 9.59 Å². The third-order valence-electron chi connectivity index (χ3n) is 5.23. The van der Waals surface area contributed by atoms with Crippen molar-refractivity contribution in [3.05, 3.63) is 83.6 Å². The number of hydrogen-bond donors (Lipinski definition) is 1. The Morgan fingerprint density at radius 3 is 2.35 bits per heavy atom. The third-order valence-corrected chi connectivity index (χ3v) is 5.23. The first-order chi connectivity index (χ1) is 15.0. The molecule has 0 bridgehead atoms. The molecule has 0 atom stereocenters. The highest BCUT2D eigenvalue weighted by Crippen LogP contribution is 2.26. The minimum atomic E-state index is -1.02. The van der Waals surface area contributed by atoms with Crippen LogP contribution in [0.15, 0.2) is 66.9 Å². The van der Waals surface area contributed by atoms with E-state index in [1.54, 1.807) is 11.1 Å². The van der Waals surface area contributed by atoms with Gasteiger partial charge in [-0.15, -0.1) is 0 Å². The molecule has 0 radical (unpaired) electrons. The average Bonchev–Trinajstić information content (AvgIpc) is 2.81. The first-order valence-corrected chi connectivity index (χ1v) is 10.1. The number of ether oxygens (including phenoxy) is 1. The van der Waals surface area contributed by atoms with Crippen LogP contribution in [0.1, 0.15) is 26.3 Å². The maximum atomic E-state index is 13.6. The number of aromatic nitrogens is 1. The maximum absolute atomic E-state index is 13.6. The lowest BCUT2D eigenvalue weighted by Gasteiger charge is -2.37. The average molecular weight is 417 g/mol. The normalized spacial score (nSPS) is 14.2. The van der Waals surface area contributed by atoms with Crippen molar-refractivity contribution in [2.45, 2.75) is 6.92 Å². The maximum Gasteiger partial charge on any atom is 0.337 e. The summed E-state index contributed by atoms with van der Waals surface area (Å²) in [5, 5.41) is 12.8. The van der Waals surface area contributed by atoms with Crippen molar-refractivity contribution in [1.82, 2.24) is 9.99 Å². The predicted molar refractivity (Wildman–Crippen MR) is 117 cm³/mol. The molecule has 158 valence electrons. The van der Waals surface area contributed by atoms with Gasteiger partial charge in [-0.2, -0.15) is 0 Å². The molecule has 7 heteroatoms. The number of anilines is 1. The molecular weight excluding hydrogens is 394 g/mol. The van der Waals surface area contributed by atoms with Crippen LogP contribution in [0.4, 0.5) is 5.69 Å². The molecule has 2 aromatic carbocycles. The Labute approximate surface area is 180 Å². The van der Waals surface area contributed by atoms with Gasteiger partial charge in [-0.3, -0.25) is 9.78 Å². The fourth-order valence-electron chi connectivity index (χ4n) is 3.56. The van der Waals surface area contributed by atoms with Gasteiger partial charge in [-0.25, -0.2) is 14.8 Å². The van der Waals surface area contributed by atoms with E-state index in [-0.39, 0.29) is 11.5 Å². The van der Waals surface area contributed by atoms with Gasteiger partial charge in [0.2, 0.25) is 0 Å². The van der Waals surface area contributed by atoms with Crippen molar-refractivity contribution in [2.24, 2.45) is 0 Å². The van der Waals surface area contributed by atoms with Crippen molar-refractivity contribution in [2.75, 3.05) is 31.3 Å². The second-order valence-electron chi connectivity index (χ2n) is 7.29. The Hall–Kier alpha value is -3.55. The minimum Gasteiger partial charge on any atom is -0.478 e. The number of carboxylic acids is 1. The number of aryl methyl sites for hydroxylation is 1. The number of rotatable bonds is 5. The number of carbonyl (C=O) groups excluding carboxylic acids is 1. The first kappa shape index (κ1) is 20.7. The monoisotopic (exact) mass is 417 g/mol. The Balaban J connectivity index is 1.70. The van der Waals surface area contributed by atoms with Crippen LogP contribution in [-0.2, 0) is 4.74 Å². The van der Waals surface area contributed by atoms with Gasteiger partial charge in [-0.1, -0.05) is 24.3 Å². The van der Waals surface area contributed by atoms with E-state index in [2.05, 4.69) is 4.98 Å². The Bertz CT molecular complexity index is 1080. The molecule has 0 spiro atoms. The lowest BCUT2D eigenvalue weighted by Crippen LogP contribution is -2.52. The standard InChI is InChI=1S/C24H23N3O4/c1-17-7-8-18(15-21(17)22-10-9-19(16-25-22)24(29)30)23(28)27(20-5-3-2-4-6-20)26-11-13-31-14-12-26/h2-10,15-16H,11-14H2,1H3,(H,29,30). The fourth-order valence-corrected chi connectivity index (χ4v) is 3.56. The topological polar surface area (TPSA) is 83.0 Å². The number of carbonyl (C=O) groups is 2. The number of pyridine rings is 1. The summed E-state index contributed by atoms with van der Waals surface area (Å²) in [7, 11) is 0. The molecule has 1 fully saturated rings. The lowest BCUT2D eigenvalue weighted by molar-refractivity contribution is 0.0300. The molecule has 4 rings (SSSR count). The molecule has 1 N–H and O–H groups in total. The van der Waals surface area contributed by atoms with Crippen LogP contribution in [-0.4, -0.2) is 53.3 Å². The highest BCUT2D eigenvalue weighted by atomic mass is 16.5. The van der Waals surface area contributed by atoms with Gasteiger partial charge in [0.05, 0.1) is 30.2 Å². The molecule has 0 aliphatic carbocycles. The van der Waals surface area contributed by atoms with E-state index in [0.717, 1.165) is 16.8 Å². The number of carboxylic acid groups (broad SMARTS) is 1. The van der Waals surface area contributed by atoms with Gasteiger partial charge in [0.15, 0.2) is 0 Å². The number of hydrogen-bond acceptors (Lipinski definition) is 5. The second kappa shape index (κ2) is 9.07. The molecule has 1 amide bonds. The molecule has 7 nitrogen and oxygen atoms in total. The highest BCUT2D eigenvalue weighted by Gasteiger charge is 2.26. The van der Waals surface area contributed by atoms with Crippen LogP contribution >= 0.6 is 0 Å². The zero-order chi connectivity index (χ0) is 21.8. The van der Waals surface area contributed by atoms with Crippen molar-refractivity contribution >= 4 is 17.6 Å². The van der Waals surface area contributed by atoms with Crippen LogP contribution in [0.2, 0.25) is 0 Å². The number of para-hydroxylation sites is 1. The molecule has 1 aliphatic heterocycles. The molecule has 1 aromatic heterocycles. The molecule has 1 saturated heterocycles. The number of hydrazine groups is 1. The minimum absolute atomic E-state index is 0.121. The van der Waals surface area contributed by atoms with Crippen LogP contribution in [0.5, 0.6) is 0 Å². The van der Waals surface area contributed by atoms with E-state index >= 15 is 0 Å². The number of nitrogens with zero attached hydrogens (tertiary/aromatic N) is 3. The summed E-state index contributed by atoms with van der Waals surface area (Å²) in [4.78, 5) is 29.0. The largest absolute Gasteiger partial charge is 0.478 e. The predicted octanol–water partition coefficient (Wildman–Crippen LogP) is 3.65. The quantitative estimate of drug-likeness (QED) is 0.682. The van der Waals surface area contributed by atoms with Crippen LogP contribution in [0.3, 0.4) is 0 Å². The number of aromatic carboxylic acids is 1. The number of morpholine rings is 1. The summed E-state index contributed by atoms with van der Waals surface area (Å²) >= 11 is 0. The van der Waals surface area contributed by atoms with E-state index < -0.39 is 5.97 Å². The fraction of sp³-hybridized carbons (Fsp3) is 0.208. The van der Waals surface area contributed by atoms with Gasteiger partial charge >= 0.3 is 5.97 Å². The zero-order valence-corrected chi connectivity index (χ0v) is 17.2. The van der Waals surface area contributed by atoms with Gasteiger partial charge < -0.3 is 9.84 Å². The van der Waals surface area contributed by atoms with Crippen molar-refractivity contribution in [1.29, 1.82) is 0 Å². The summed E-state index contributed by atoms with van der Waals surface area (Å²) in [6, 6.07) is 18.2. The molecule has 0 unspecified atom stereocenters.